The lowest BCUT2D eigenvalue weighted by atomic mass is 9.98. The topological polar surface area (TPSA) is 29.5 Å². The van der Waals surface area contributed by atoms with Gasteiger partial charge in [-0.25, -0.2) is 8.78 Å². The molecule has 110 valence electrons. The molecule has 2 nitrogen and oxygen atoms in total. The number of fused-ring (bicyclic) bond motifs is 1. The fraction of sp³-hybridized carbons (Fsp3) is 0.250. The largest absolute Gasteiger partial charge is 0.493 e. The lowest BCUT2D eigenvalue weighted by Crippen LogP contribution is -2.06. The fourth-order valence-corrected chi connectivity index (χ4v) is 3.09. The zero-order valence-corrected chi connectivity index (χ0v) is 12.7. The van der Waals surface area contributed by atoms with Crippen LogP contribution < -0.4 is 4.74 Å². The average Bonchev–Trinajstić information content (AvgIpc) is 2.90. The predicted octanol–water partition coefficient (Wildman–Crippen LogP) is 3.94. The van der Waals surface area contributed by atoms with Gasteiger partial charge < -0.3 is 9.84 Å². The van der Waals surface area contributed by atoms with Crippen LogP contribution in [0.4, 0.5) is 8.78 Å². The Kier molecular flexibility index (Phi) is 3.95. The van der Waals surface area contributed by atoms with E-state index in [0.717, 1.165) is 22.5 Å². The van der Waals surface area contributed by atoms with Crippen LogP contribution in [0.3, 0.4) is 0 Å². The van der Waals surface area contributed by atoms with Gasteiger partial charge in [-0.3, -0.25) is 0 Å². The molecule has 1 unspecified atom stereocenters. The van der Waals surface area contributed by atoms with E-state index in [2.05, 4.69) is 15.9 Å². The number of hydrogen-bond acceptors (Lipinski definition) is 2. The van der Waals surface area contributed by atoms with Crippen molar-refractivity contribution >= 4 is 15.9 Å². The van der Waals surface area contributed by atoms with Crippen molar-refractivity contribution in [3.8, 4) is 5.75 Å². The summed E-state index contributed by atoms with van der Waals surface area (Å²) in [6.45, 7) is 0.569. The zero-order valence-electron chi connectivity index (χ0n) is 11.1. The molecule has 2 aromatic carbocycles. The van der Waals surface area contributed by atoms with Crippen LogP contribution in [0.5, 0.6) is 5.75 Å². The molecular formula is C16H13BrF2O2. The normalized spacial score (nSPS) is 14.7. The number of aliphatic hydroxyl groups is 1. The summed E-state index contributed by atoms with van der Waals surface area (Å²) in [5.41, 5.74) is 1.76. The average molecular weight is 355 g/mol. The van der Waals surface area contributed by atoms with Gasteiger partial charge in [0.2, 0.25) is 0 Å². The molecule has 21 heavy (non-hydrogen) atoms. The van der Waals surface area contributed by atoms with Gasteiger partial charge in [-0.1, -0.05) is 28.1 Å². The molecular weight excluding hydrogens is 342 g/mol. The van der Waals surface area contributed by atoms with E-state index in [-0.39, 0.29) is 12.0 Å². The fourth-order valence-electron chi connectivity index (χ4n) is 2.57. The van der Waals surface area contributed by atoms with Crippen molar-refractivity contribution in [2.75, 3.05) is 6.61 Å². The molecule has 0 saturated heterocycles. The number of benzene rings is 2. The van der Waals surface area contributed by atoms with Crippen molar-refractivity contribution in [1.29, 1.82) is 0 Å². The molecule has 0 aromatic heterocycles. The van der Waals surface area contributed by atoms with Crippen molar-refractivity contribution in [3.05, 3.63) is 63.1 Å². The highest BCUT2D eigenvalue weighted by Crippen LogP contribution is 2.37. The van der Waals surface area contributed by atoms with Crippen LogP contribution in [0.2, 0.25) is 0 Å². The standard InChI is InChI=1S/C16H13BrF2O2/c17-11-6-10-4-5-21-16(10)12(8-11)14(20)7-9-2-1-3-13(18)15(9)19/h1-3,6,8,14,20H,4-5,7H2. The van der Waals surface area contributed by atoms with E-state index in [1.807, 2.05) is 6.07 Å². The monoisotopic (exact) mass is 354 g/mol. The maximum Gasteiger partial charge on any atom is 0.162 e. The number of halogens is 3. The van der Waals surface area contributed by atoms with E-state index in [1.54, 1.807) is 6.07 Å². The summed E-state index contributed by atoms with van der Waals surface area (Å²) in [5.74, 6) is -1.16. The molecule has 0 fully saturated rings. The lowest BCUT2D eigenvalue weighted by Gasteiger charge is -2.16. The molecule has 1 aliphatic rings. The maximum absolute atomic E-state index is 13.7. The molecule has 1 aliphatic heterocycles. The van der Waals surface area contributed by atoms with E-state index in [0.29, 0.717) is 17.9 Å². The second kappa shape index (κ2) is 5.73. The summed E-state index contributed by atoms with van der Waals surface area (Å²) >= 11 is 3.39. The van der Waals surface area contributed by atoms with Crippen molar-refractivity contribution < 1.29 is 18.6 Å². The Hall–Kier alpha value is -1.46. The smallest absolute Gasteiger partial charge is 0.162 e. The van der Waals surface area contributed by atoms with Gasteiger partial charge in [0.25, 0.3) is 0 Å². The van der Waals surface area contributed by atoms with E-state index in [1.165, 1.54) is 12.1 Å². The van der Waals surface area contributed by atoms with Crippen molar-refractivity contribution in [1.82, 2.24) is 0 Å². The van der Waals surface area contributed by atoms with Crippen LogP contribution in [0.25, 0.3) is 0 Å². The van der Waals surface area contributed by atoms with Gasteiger partial charge in [0.15, 0.2) is 11.6 Å². The van der Waals surface area contributed by atoms with E-state index >= 15 is 0 Å². The molecule has 1 N–H and O–H groups in total. The molecule has 0 saturated carbocycles. The van der Waals surface area contributed by atoms with E-state index in [4.69, 9.17) is 4.74 Å². The van der Waals surface area contributed by atoms with E-state index < -0.39 is 17.7 Å². The second-order valence-corrected chi connectivity index (χ2v) is 5.93. The van der Waals surface area contributed by atoms with Crippen LogP contribution in [0.15, 0.2) is 34.8 Å². The quantitative estimate of drug-likeness (QED) is 0.904. The lowest BCUT2D eigenvalue weighted by molar-refractivity contribution is 0.172. The van der Waals surface area contributed by atoms with Gasteiger partial charge in [0.1, 0.15) is 5.75 Å². The zero-order chi connectivity index (χ0) is 15.0. The third kappa shape index (κ3) is 2.80. The minimum atomic E-state index is -0.953. The highest BCUT2D eigenvalue weighted by atomic mass is 79.9. The van der Waals surface area contributed by atoms with Crippen LogP contribution in [-0.2, 0) is 12.8 Å². The molecule has 0 spiro atoms. The third-order valence-electron chi connectivity index (χ3n) is 3.58. The van der Waals surface area contributed by atoms with Crippen molar-refractivity contribution in [2.45, 2.75) is 18.9 Å². The van der Waals surface area contributed by atoms with Crippen LogP contribution in [0, 0.1) is 11.6 Å². The first-order chi connectivity index (χ1) is 10.1. The highest BCUT2D eigenvalue weighted by molar-refractivity contribution is 9.10. The molecule has 5 heteroatoms. The number of ether oxygens (including phenoxy) is 1. The number of hydrogen-bond donors (Lipinski definition) is 1. The minimum absolute atomic E-state index is 0.00412. The molecule has 0 radical (unpaired) electrons. The summed E-state index contributed by atoms with van der Waals surface area (Å²) in [4.78, 5) is 0. The van der Waals surface area contributed by atoms with E-state index in [9.17, 15) is 13.9 Å². The first kappa shape index (κ1) is 14.5. The van der Waals surface area contributed by atoms with Gasteiger partial charge in [0.05, 0.1) is 12.7 Å². The second-order valence-electron chi connectivity index (χ2n) is 5.01. The highest BCUT2D eigenvalue weighted by Gasteiger charge is 2.23. The Morgan fingerprint density at radius 1 is 1.29 bits per heavy atom. The minimum Gasteiger partial charge on any atom is -0.493 e. The molecule has 1 heterocycles. The summed E-state index contributed by atoms with van der Waals surface area (Å²) in [7, 11) is 0. The van der Waals surface area contributed by atoms with Gasteiger partial charge >= 0.3 is 0 Å². The summed E-state index contributed by atoms with van der Waals surface area (Å²) in [5, 5.41) is 10.4. The van der Waals surface area contributed by atoms with Crippen LogP contribution in [0.1, 0.15) is 22.8 Å². The Balaban J connectivity index is 1.93. The molecule has 2 aromatic rings. The van der Waals surface area contributed by atoms with Crippen molar-refractivity contribution in [2.24, 2.45) is 0 Å². The van der Waals surface area contributed by atoms with Crippen LogP contribution >= 0.6 is 15.9 Å². The Morgan fingerprint density at radius 2 is 2.10 bits per heavy atom. The maximum atomic E-state index is 13.7. The third-order valence-corrected chi connectivity index (χ3v) is 4.04. The summed E-state index contributed by atoms with van der Waals surface area (Å²) in [6.07, 6.45) is -0.177. The van der Waals surface area contributed by atoms with Gasteiger partial charge in [-0.15, -0.1) is 0 Å². The van der Waals surface area contributed by atoms with Gasteiger partial charge in [-0.05, 0) is 29.3 Å². The van der Waals surface area contributed by atoms with Gasteiger partial charge in [-0.2, -0.15) is 0 Å². The Labute approximate surface area is 129 Å². The Morgan fingerprint density at radius 3 is 2.90 bits per heavy atom. The molecule has 1 atom stereocenters. The molecule has 0 amide bonds. The predicted molar refractivity (Wildman–Crippen MR) is 78.4 cm³/mol. The first-order valence-corrected chi connectivity index (χ1v) is 7.41. The number of aliphatic hydroxyl groups excluding tert-OH is 1. The molecule has 3 rings (SSSR count). The number of rotatable bonds is 3. The Bertz CT molecular complexity index is 688. The SMILES string of the molecule is OC(Cc1cccc(F)c1F)c1cc(Br)cc2c1OCC2. The van der Waals surface area contributed by atoms with Gasteiger partial charge in [0, 0.05) is 22.9 Å². The summed E-state index contributed by atoms with van der Waals surface area (Å²) < 4.78 is 33.3. The first-order valence-electron chi connectivity index (χ1n) is 6.62. The van der Waals surface area contributed by atoms with Crippen molar-refractivity contribution in [3.63, 3.8) is 0 Å². The molecule has 0 bridgehead atoms. The van der Waals surface area contributed by atoms with Crippen LogP contribution in [-0.4, -0.2) is 11.7 Å². The summed E-state index contributed by atoms with van der Waals surface area (Å²) in [6, 6.07) is 7.67. The molecule has 0 aliphatic carbocycles.